The van der Waals surface area contributed by atoms with E-state index in [-0.39, 0.29) is 12.2 Å². The first-order valence-electron chi connectivity index (χ1n) is 10.6. The lowest BCUT2D eigenvalue weighted by Crippen LogP contribution is -2.22. The van der Waals surface area contributed by atoms with E-state index in [1.165, 1.54) is 4.68 Å². The van der Waals surface area contributed by atoms with Gasteiger partial charge in [0.25, 0.3) is 5.56 Å². The molecule has 186 valence electrons. The number of fused-ring (bicyclic) bond motifs is 1. The zero-order valence-corrected chi connectivity index (χ0v) is 25.3. The Morgan fingerprint density at radius 2 is 1.83 bits per heavy atom. The second kappa shape index (κ2) is 11.6. The number of halogens is 5. The molecule has 0 saturated heterocycles. The first-order chi connectivity index (χ1) is 17.2. The number of benzene rings is 3. The van der Waals surface area contributed by atoms with E-state index in [1.807, 2.05) is 25.1 Å². The van der Waals surface area contributed by atoms with Crippen LogP contribution in [-0.2, 0) is 13.0 Å². The van der Waals surface area contributed by atoms with Crippen LogP contribution < -0.4 is 15.0 Å². The SMILES string of the molecule is CCc1nc2ccc(Br)cc2c(=O)n1N=Cc1cc(OC)c(OCc2ccc(Cl)c(Cl)c2)c(Br)c1Br. The van der Waals surface area contributed by atoms with Crippen molar-refractivity contribution in [2.45, 2.75) is 20.0 Å². The molecule has 0 aliphatic heterocycles. The molecule has 0 radical (unpaired) electrons. The zero-order valence-electron chi connectivity index (χ0n) is 19.0. The number of hydrogen-bond donors (Lipinski definition) is 0. The minimum atomic E-state index is -0.252. The van der Waals surface area contributed by atoms with Crippen molar-refractivity contribution in [3.63, 3.8) is 0 Å². The van der Waals surface area contributed by atoms with Gasteiger partial charge in [0.2, 0.25) is 0 Å². The van der Waals surface area contributed by atoms with Gasteiger partial charge in [0.1, 0.15) is 12.4 Å². The summed E-state index contributed by atoms with van der Waals surface area (Å²) < 4.78 is 15.0. The first-order valence-corrected chi connectivity index (χ1v) is 13.7. The molecule has 0 atom stereocenters. The van der Waals surface area contributed by atoms with Gasteiger partial charge in [0, 0.05) is 20.9 Å². The predicted octanol–water partition coefficient (Wildman–Crippen LogP) is 8.02. The Morgan fingerprint density at radius 1 is 1.06 bits per heavy atom. The van der Waals surface area contributed by atoms with Gasteiger partial charge in [-0.3, -0.25) is 4.79 Å². The molecular formula is C25H18Br3Cl2N3O3. The molecule has 1 aromatic heterocycles. The molecule has 4 rings (SSSR count). The summed E-state index contributed by atoms with van der Waals surface area (Å²) >= 11 is 22.7. The summed E-state index contributed by atoms with van der Waals surface area (Å²) in [6.45, 7) is 2.17. The summed E-state index contributed by atoms with van der Waals surface area (Å²) in [5.74, 6) is 1.53. The smallest absolute Gasteiger partial charge is 0.282 e. The van der Waals surface area contributed by atoms with E-state index in [4.69, 9.17) is 32.7 Å². The fourth-order valence-corrected chi connectivity index (χ4v) is 5.05. The summed E-state index contributed by atoms with van der Waals surface area (Å²) in [5.41, 5.74) is 1.89. The number of hydrogen-bond acceptors (Lipinski definition) is 5. The molecule has 0 bridgehead atoms. The predicted molar refractivity (Wildman–Crippen MR) is 155 cm³/mol. The van der Waals surface area contributed by atoms with Crippen molar-refractivity contribution in [3.8, 4) is 11.5 Å². The molecule has 11 heteroatoms. The normalized spacial score (nSPS) is 11.4. The number of methoxy groups -OCH3 is 1. The lowest BCUT2D eigenvalue weighted by molar-refractivity contribution is 0.282. The lowest BCUT2D eigenvalue weighted by atomic mass is 10.2. The Hall–Kier alpha value is -1.91. The molecule has 0 N–H and O–H groups in total. The van der Waals surface area contributed by atoms with E-state index in [9.17, 15) is 4.79 Å². The molecule has 0 unspecified atom stereocenters. The van der Waals surface area contributed by atoms with Gasteiger partial charge in [0.05, 0.1) is 38.7 Å². The van der Waals surface area contributed by atoms with Gasteiger partial charge in [-0.2, -0.15) is 9.78 Å². The van der Waals surface area contributed by atoms with Crippen molar-refractivity contribution in [1.29, 1.82) is 0 Å². The van der Waals surface area contributed by atoms with Crippen LogP contribution in [0.15, 0.2) is 65.8 Å². The second-order valence-corrected chi connectivity index (χ2v) is 10.9. The van der Waals surface area contributed by atoms with Gasteiger partial charge in [-0.05, 0) is 73.8 Å². The number of aromatic nitrogens is 2. The van der Waals surface area contributed by atoms with E-state index >= 15 is 0 Å². The largest absolute Gasteiger partial charge is 0.493 e. The Balaban J connectivity index is 1.70. The van der Waals surface area contributed by atoms with E-state index in [2.05, 4.69) is 57.9 Å². The third kappa shape index (κ3) is 5.65. The van der Waals surface area contributed by atoms with Gasteiger partial charge in [-0.15, -0.1) is 0 Å². The lowest BCUT2D eigenvalue weighted by Gasteiger charge is -2.16. The summed E-state index contributed by atoms with van der Waals surface area (Å²) in [5, 5.41) is 5.88. The quantitative estimate of drug-likeness (QED) is 0.182. The van der Waals surface area contributed by atoms with Crippen LogP contribution in [0.2, 0.25) is 10.0 Å². The highest BCUT2D eigenvalue weighted by Gasteiger charge is 2.17. The molecule has 1 heterocycles. The van der Waals surface area contributed by atoms with Crippen LogP contribution in [0.5, 0.6) is 11.5 Å². The molecule has 0 amide bonds. The maximum Gasteiger partial charge on any atom is 0.282 e. The Labute approximate surface area is 242 Å². The van der Waals surface area contributed by atoms with Crippen LogP contribution in [0.4, 0.5) is 0 Å². The van der Waals surface area contributed by atoms with Crippen molar-refractivity contribution in [2.75, 3.05) is 7.11 Å². The van der Waals surface area contributed by atoms with E-state index in [1.54, 1.807) is 37.6 Å². The van der Waals surface area contributed by atoms with E-state index < -0.39 is 0 Å². The van der Waals surface area contributed by atoms with Crippen LogP contribution in [0, 0.1) is 0 Å². The highest BCUT2D eigenvalue weighted by molar-refractivity contribution is 9.13. The summed E-state index contributed by atoms with van der Waals surface area (Å²) in [6.07, 6.45) is 2.11. The van der Waals surface area contributed by atoms with Gasteiger partial charge in [0.15, 0.2) is 11.5 Å². The average Bonchev–Trinajstić information content (AvgIpc) is 2.87. The molecule has 0 aliphatic rings. The monoisotopic (exact) mass is 715 g/mol. The van der Waals surface area contributed by atoms with Crippen LogP contribution in [0.1, 0.15) is 23.9 Å². The van der Waals surface area contributed by atoms with Gasteiger partial charge in [-0.25, -0.2) is 4.98 Å². The Morgan fingerprint density at radius 3 is 2.53 bits per heavy atom. The summed E-state index contributed by atoms with van der Waals surface area (Å²) in [4.78, 5) is 17.8. The molecule has 4 aromatic rings. The molecule has 36 heavy (non-hydrogen) atoms. The average molecular weight is 719 g/mol. The highest BCUT2D eigenvalue weighted by Crippen LogP contribution is 2.42. The maximum absolute atomic E-state index is 13.2. The van der Waals surface area contributed by atoms with E-state index in [0.29, 0.717) is 59.2 Å². The fraction of sp³-hybridized carbons (Fsp3) is 0.160. The number of ether oxygens (including phenoxy) is 2. The van der Waals surface area contributed by atoms with Crippen molar-refractivity contribution in [1.82, 2.24) is 9.66 Å². The number of nitrogens with zero attached hydrogens (tertiary/aromatic N) is 3. The molecule has 0 spiro atoms. The van der Waals surface area contributed by atoms with Crippen molar-refractivity contribution < 1.29 is 9.47 Å². The molecular weight excluding hydrogens is 701 g/mol. The molecule has 0 aliphatic carbocycles. The van der Waals surface area contributed by atoms with Crippen molar-refractivity contribution >= 4 is 88.1 Å². The fourth-order valence-electron chi connectivity index (χ4n) is 3.43. The third-order valence-electron chi connectivity index (χ3n) is 5.25. The zero-order chi connectivity index (χ0) is 26.0. The van der Waals surface area contributed by atoms with Crippen molar-refractivity contribution in [3.05, 3.63) is 93.2 Å². The first kappa shape index (κ1) is 27.1. The van der Waals surface area contributed by atoms with Gasteiger partial charge < -0.3 is 9.47 Å². The van der Waals surface area contributed by atoms with Crippen LogP contribution >= 0.6 is 71.0 Å². The molecule has 3 aromatic carbocycles. The topological polar surface area (TPSA) is 65.7 Å². The minimum Gasteiger partial charge on any atom is -0.493 e. The van der Waals surface area contributed by atoms with Crippen molar-refractivity contribution in [2.24, 2.45) is 5.10 Å². The van der Waals surface area contributed by atoms with Crippen LogP contribution in [0.3, 0.4) is 0 Å². The van der Waals surface area contributed by atoms with Gasteiger partial charge in [-0.1, -0.05) is 52.1 Å². The van der Waals surface area contributed by atoms with Crippen LogP contribution in [0.25, 0.3) is 10.9 Å². The summed E-state index contributed by atoms with van der Waals surface area (Å²) in [6, 6.07) is 12.5. The third-order valence-corrected chi connectivity index (χ3v) is 8.62. The summed E-state index contributed by atoms with van der Waals surface area (Å²) in [7, 11) is 1.55. The number of rotatable bonds is 7. The van der Waals surface area contributed by atoms with Crippen LogP contribution in [-0.4, -0.2) is 23.0 Å². The maximum atomic E-state index is 13.2. The Kier molecular flexibility index (Phi) is 8.78. The minimum absolute atomic E-state index is 0.249. The molecule has 6 nitrogen and oxygen atoms in total. The molecule has 0 saturated carbocycles. The second-order valence-electron chi connectivity index (χ2n) is 7.57. The van der Waals surface area contributed by atoms with E-state index in [0.717, 1.165) is 10.0 Å². The highest BCUT2D eigenvalue weighted by atomic mass is 79.9. The standard InChI is InChI=1S/C25H18Br3Cl2N3O3/c1-3-21-32-19-7-5-15(26)10-16(19)25(34)33(21)31-11-14-9-20(35-2)24(23(28)22(14)27)36-12-13-4-6-17(29)18(30)8-13/h4-11H,3,12H2,1-2H3. The Bertz CT molecular complexity index is 1560. The van der Waals surface area contributed by atoms with Gasteiger partial charge >= 0.3 is 0 Å². The molecule has 0 fully saturated rings. The number of aryl methyl sites for hydroxylation is 1.